The minimum Gasteiger partial charge on any atom is -0.493 e. The molecule has 0 unspecified atom stereocenters. The van der Waals surface area contributed by atoms with Crippen molar-refractivity contribution in [1.29, 1.82) is 0 Å². The van der Waals surface area contributed by atoms with Gasteiger partial charge in [-0.15, -0.1) is 0 Å². The number of fused-ring (bicyclic) bond motifs is 5. The number of benzene rings is 2. The SMILES string of the molecule is COc1ccc2c(c1OC)[C@H](C(C)C)N1CCc3cc4c(cc3C1=C2)OCO4. The van der Waals surface area contributed by atoms with Gasteiger partial charge < -0.3 is 23.8 Å². The lowest BCUT2D eigenvalue weighted by Crippen LogP contribution is -2.38. The summed E-state index contributed by atoms with van der Waals surface area (Å²) in [4.78, 5) is 2.51. The maximum atomic E-state index is 5.81. The number of ether oxygens (including phenoxy) is 4. The zero-order valence-corrected chi connectivity index (χ0v) is 16.7. The molecule has 0 spiro atoms. The predicted octanol–water partition coefficient (Wildman–Crippen LogP) is 4.50. The molecule has 2 aromatic carbocycles. The van der Waals surface area contributed by atoms with E-state index in [1.165, 1.54) is 28.0 Å². The van der Waals surface area contributed by atoms with Crippen LogP contribution >= 0.6 is 0 Å². The second-order valence-corrected chi connectivity index (χ2v) is 7.83. The summed E-state index contributed by atoms with van der Waals surface area (Å²) in [7, 11) is 3.42. The molecule has 3 aliphatic heterocycles. The van der Waals surface area contributed by atoms with Crippen LogP contribution in [0.15, 0.2) is 24.3 Å². The topological polar surface area (TPSA) is 40.2 Å². The van der Waals surface area contributed by atoms with Crippen LogP contribution in [0.4, 0.5) is 0 Å². The van der Waals surface area contributed by atoms with Crippen LogP contribution in [0.2, 0.25) is 0 Å². The Hall–Kier alpha value is -2.82. The van der Waals surface area contributed by atoms with Crippen molar-refractivity contribution in [2.45, 2.75) is 26.3 Å². The highest BCUT2D eigenvalue weighted by Crippen LogP contribution is 2.51. The Morgan fingerprint density at radius 1 is 1.07 bits per heavy atom. The van der Waals surface area contributed by atoms with Crippen molar-refractivity contribution in [1.82, 2.24) is 4.90 Å². The van der Waals surface area contributed by atoms with Crippen LogP contribution in [0.3, 0.4) is 0 Å². The third kappa shape index (κ3) is 2.38. The van der Waals surface area contributed by atoms with Crippen LogP contribution in [-0.4, -0.2) is 32.5 Å². The summed E-state index contributed by atoms with van der Waals surface area (Å²) in [5.41, 5.74) is 6.20. The molecule has 5 nitrogen and oxygen atoms in total. The first-order chi connectivity index (χ1) is 13.6. The van der Waals surface area contributed by atoms with E-state index < -0.39 is 0 Å². The average molecular weight is 379 g/mol. The highest BCUT2D eigenvalue weighted by molar-refractivity contribution is 5.88. The Labute approximate surface area is 165 Å². The number of hydrogen-bond acceptors (Lipinski definition) is 5. The van der Waals surface area contributed by atoms with Gasteiger partial charge in [0.25, 0.3) is 0 Å². The summed E-state index contributed by atoms with van der Waals surface area (Å²) in [5.74, 6) is 3.73. The van der Waals surface area contributed by atoms with Gasteiger partial charge in [0.1, 0.15) is 0 Å². The normalized spacial score (nSPS) is 19.0. The van der Waals surface area contributed by atoms with Crippen molar-refractivity contribution in [3.8, 4) is 23.0 Å². The minimum atomic E-state index is 0.221. The number of methoxy groups -OCH3 is 2. The molecule has 0 aliphatic carbocycles. The molecule has 0 fully saturated rings. The van der Waals surface area contributed by atoms with Crippen LogP contribution in [-0.2, 0) is 6.42 Å². The van der Waals surface area contributed by atoms with E-state index >= 15 is 0 Å². The van der Waals surface area contributed by atoms with Crippen LogP contribution in [0, 0.1) is 5.92 Å². The fraction of sp³-hybridized carbons (Fsp3) is 0.391. The van der Waals surface area contributed by atoms with Crippen molar-refractivity contribution >= 4 is 11.8 Å². The molecule has 5 rings (SSSR count). The monoisotopic (exact) mass is 379 g/mol. The van der Waals surface area contributed by atoms with Gasteiger partial charge in [-0.05, 0) is 47.7 Å². The Morgan fingerprint density at radius 2 is 1.86 bits per heavy atom. The van der Waals surface area contributed by atoms with Crippen LogP contribution in [0.5, 0.6) is 23.0 Å². The quantitative estimate of drug-likeness (QED) is 0.785. The Bertz CT molecular complexity index is 979. The summed E-state index contributed by atoms with van der Waals surface area (Å²) in [5, 5.41) is 0. The summed E-state index contributed by atoms with van der Waals surface area (Å²) >= 11 is 0. The number of hydrogen-bond donors (Lipinski definition) is 0. The predicted molar refractivity (Wildman–Crippen MR) is 108 cm³/mol. The van der Waals surface area contributed by atoms with E-state index in [1.54, 1.807) is 14.2 Å². The maximum absolute atomic E-state index is 5.81. The molecule has 0 radical (unpaired) electrons. The van der Waals surface area contributed by atoms with Gasteiger partial charge in [-0.1, -0.05) is 19.9 Å². The molecule has 146 valence electrons. The molecule has 0 saturated carbocycles. The zero-order chi connectivity index (χ0) is 19.4. The van der Waals surface area contributed by atoms with Crippen LogP contribution < -0.4 is 18.9 Å². The van der Waals surface area contributed by atoms with E-state index in [-0.39, 0.29) is 6.04 Å². The lowest BCUT2D eigenvalue weighted by atomic mass is 9.82. The summed E-state index contributed by atoms with van der Waals surface area (Å²) in [6.45, 7) is 5.80. The molecule has 0 amide bonds. The van der Waals surface area contributed by atoms with Gasteiger partial charge in [-0.2, -0.15) is 0 Å². The number of nitrogens with zero attached hydrogens (tertiary/aromatic N) is 1. The molecule has 28 heavy (non-hydrogen) atoms. The van der Waals surface area contributed by atoms with Crippen molar-refractivity contribution in [3.63, 3.8) is 0 Å². The molecule has 0 aromatic heterocycles. The van der Waals surface area contributed by atoms with E-state index in [1.807, 2.05) is 6.07 Å². The van der Waals surface area contributed by atoms with E-state index in [0.29, 0.717) is 12.7 Å². The van der Waals surface area contributed by atoms with Crippen LogP contribution in [0.25, 0.3) is 11.8 Å². The minimum absolute atomic E-state index is 0.221. The van der Waals surface area contributed by atoms with Gasteiger partial charge in [-0.3, -0.25) is 0 Å². The average Bonchev–Trinajstić information content (AvgIpc) is 3.16. The third-order valence-electron chi connectivity index (χ3n) is 5.98. The first-order valence-electron chi connectivity index (χ1n) is 9.78. The van der Waals surface area contributed by atoms with Gasteiger partial charge >= 0.3 is 0 Å². The zero-order valence-electron chi connectivity index (χ0n) is 16.7. The summed E-state index contributed by atoms with van der Waals surface area (Å²) in [6, 6.07) is 8.63. The Kier molecular flexibility index (Phi) is 3.93. The molecule has 3 heterocycles. The van der Waals surface area contributed by atoms with E-state index in [9.17, 15) is 0 Å². The standard InChI is InChI=1S/C23H25NO4/c1-13(2)22-21-15(5-6-18(25-3)23(21)26-4)9-17-16-11-20-19(27-12-28-20)10-14(16)7-8-24(17)22/h5-6,9-11,13,22H,7-8,12H2,1-4H3/t22-/m0/s1. The van der Waals surface area contributed by atoms with Crippen molar-refractivity contribution < 1.29 is 18.9 Å². The third-order valence-corrected chi connectivity index (χ3v) is 5.98. The van der Waals surface area contributed by atoms with E-state index in [4.69, 9.17) is 18.9 Å². The highest BCUT2D eigenvalue weighted by Gasteiger charge is 2.38. The Morgan fingerprint density at radius 3 is 2.57 bits per heavy atom. The summed E-state index contributed by atoms with van der Waals surface area (Å²) in [6.07, 6.45) is 3.25. The van der Waals surface area contributed by atoms with Crippen LogP contribution in [0.1, 0.15) is 42.1 Å². The molecule has 1 atom stereocenters. The summed E-state index contributed by atoms with van der Waals surface area (Å²) < 4.78 is 22.6. The molecule has 0 bridgehead atoms. The number of rotatable bonds is 3. The largest absolute Gasteiger partial charge is 0.493 e. The highest BCUT2D eigenvalue weighted by atomic mass is 16.7. The van der Waals surface area contributed by atoms with Gasteiger partial charge in [0.05, 0.1) is 20.3 Å². The van der Waals surface area contributed by atoms with Gasteiger partial charge in [0.2, 0.25) is 6.79 Å². The first-order valence-corrected chi connectivity index (χ1v) is 9.78. The second kappa shape index (κ2) is 6.36. The molecule has 0 saturated heterocycles. The van der Waals surface area contributed by atoms with Crippen molar-refractivity contribution in [2.75, 3.05) is 27.6 Å². The first kappa shape index (κ1) is 17.3. The van der Waals surface area contributed by atoms with E-state index in [0.717, 1.165) is 36.0 Å². The molecule has 5 heteroatoms. The van der Waals surface area contributed by atoms with Crippen molar-refractivity contribution in [3.05, 3.63) is 46.5 Å². The molecule has 0 N–H and O–H groups in total. The smallest absolute Gasteiger partial charge is 0.231 e. The lowest BCUT2D eigenvalue weighted by Gasteiger charge is -2.45. The maximum Gasteiger partial charge on any atom is 0.231 e. The molecule has 2 aromatic rings. The lowest BCUT2D eigenvalue weighted by molar-refractivity contribution is 0.174. The molecular formula is C23H25NO4. The van der Waals surface area contributed by atoms with Gasteiger partial charge in [0.15, 0.2) is 23.0 Å². The fourth-order valence-electron chi connectivity index (χ4n) is 4.79. The molecular weight excluding hydrogens is 354 g/mol. The van der Waals surface area contributed by atoms with E-state index in [2.05, 4.69) is 43.0 Å². The Balaban J connectivity index is 1.73. The van der Waals surface area contributed by atoms with Gasteiger partial charge in [-0.25, -0.2) is 0 Å². The second-order valence-electron chi connectivity index (χ2n) is 7.83. The van der Waals surface area contributed by atoms with Gasteiger partial charge in [0, 0.05) is 23.4 Å². The molecule has 3 aliphatic rings. The fourth-order valence-corrected chi connectivity index (χ4v) is 4.79. The van der Waals surface area contributed by atoms with Crippen molar-refractivity contribution in [2.24, 2.45) is 5.92 Å².